The van der Waals surface area contributed by atoms with Crippen LogP contribution in [0.2, 0.25) is 0 Å². The lowest BCUT2D eigenvalue weighted by molar-refractivity contribution is 0.509. The van der Waals surface area contributed by atoms with E-state index in [1.165, 1.54) is 0 Å². The van der Waals surface area contributed by atoms with E-state index >= 15 is 0 Å². The second-order valence-corrected chi connectivity index (χ2v) is 0.880. The summed E-state index contributed by atoms with van der Waals surface area (Å²) in [5, 5.41) is 5.86. The average molecular weight is 126 g/mol. The summed E-state index contributed by atoms with van der Waals surface area (Å²) >= 11 is 0. The summed E-state index contributed by atoms with van der Waals surface area (Å²) < 4.78 is 24.2. The molecule has 0 heterocycles. The van der Waals surface area contributed by atoms with Gasteiger partial charge >= 0.3 is 0 Å². The molecule has 0 aromatic heterocycles. The highest BCUT2D eigenvalue weighted by Crippen LogP contribution is 1.27. The lowest BCUT2D eigenvalue weighted by atomic mass is 11.4. The summed E-state index contributed by atoms with van der Waals surface area (Å²) in [7, 11) is -3.12. The van der Waals surface area contributed by atoms with Gasteiger partial charge in [-0.15, -0.1) is 0 Å². The molecule has 0 aromatic carbocycles. The summed E-state index contributed by atoms with van der Waals surface area (Å²) in [4.78, 5) is 0. The van der Waals surface area contributed by atoms with Gasteiger partial charge in [-0.25, -0.2) is 8.42 Å². The van der Waals surface area contributed by atoms with E-state index in [1.54, 1.807) is 0 Å². The van der Waals surface area contributed by atoms with Crippen LogP contribution in [0.5, 0.6) is 0 Å². The zero-order valence-corrected chi connectivity index (χ0v) is 4.26. The Bertz CT molecular complexity index is 89.1. The SMILES string of the molecule is N=CN.O=[SH](=O)O. The van der Waals surface area contributed by atoms with Crippen LogP contribution in [-0.2, 0) is 11.0 Å². The molecule has 44 valence electrons. The van der Waals surface area contributed by atoms with Gasteiger partial charge in [-0.3, -0.25) is 9.96 Å². The Balaban J connectivity index is 0. The molecule has 7 heavy (non-hydrogen) atoms. The fourth-order valence-corrected chi connectivity index (χ4v) is 0. The van der Waals surface area contributed by atoms with Gasteiger partial charge in [-0.1, -0.05) is 0 Å². The average Bonchev–Trinajstić information content (AvgIpc) is 1.33. The minimum Gasteiger partial charge on any atom is -0.390 e. The second kappa shape index (κ2) is 9.03. The van der Waals surface area contributed by atoms with E-state index in [9.17, 15) is 0 Å². The van der Waals surface area contributed by atoms with Gasteiger partial charge in [0, 0.05) is 0 Å². The van der Waals surface area contributed by atoms with Crippen molar-refractivity contribution in [1.29, 1.82) is 5.41 Å². The van der Waals surface area contributed by atoms with Crippen molar-refractivity contribution in [2.45, 2.75) is 0 Å². The lowest BCUT2D eigenvalue weighted by Gasteiger charge is -1.43. The Morgan fingerprint density at radius 1 is 1.71 bits per heavy atom. The number of thiol groups is 1. The molecular weight excluding hydrogens is 120 g/mol. The van der Waals surface area contributed by atoms with Crippen LogP contribution in [0.15, 0.2) is 0 Å². The first-order valence-corrected chi connectivity index (χ1v) is 2.32. The van der Waals surface area contributed by atoms with Gasteiger partial charge in [0.1, 0.15) is 0 Å². The van der Waals surface area contributed by atoms with Crippen molar-refractivity contribution in [2.75, 3.05) is 0 Å². The Morgan fingerprint density at radius 2 is 1.71 bits per heavy atom. The lowest BCUT2D eigenvalue weighted by Crippen LogP contribution is -1.81. The maximum absolute atomic E-state index is 8.59. The standard InChI is InChI=1S/CH4N2.H2O3S/c2-1-3;1-4(2)3/h1H,(H3,2,3);4H,(H,1,2,3). The molecule has 0 saturated heterocycles. The number of rotatable bonds is 0. The second-order valence-electron chi connectivity index (χ2n) is 0.405. The first kappa shape index (κ1) is 9.63. The number of nitrogens with one attached hydrogen (secondary N) is 1. The zero-order chi connectivity index (χ0) is 6.28. The van der Waals surface area contributed by atoms with E-state index in [1.807, 2.05) is 0 Å². The number of hydrogen-bond acceptors (Lipinski definition) is 3. The molecule has 0 aliphatic heterocycles. The Morgan fingerprint density at radius 3 is 1.71 bits per heavy atom. The smallest absolute Gasteiger partial charge is 0.254 e. The predicted molar refractivity (Wildman–Crippen MR) is 25.9 cm³/mol. The monoisotopic (exact) mass is 126 g/mol. The fourth-order valence-electron chi connectivity index (χ4n) is 0. The van der Waals surface area contributed by atoms with Crippen molar-refractivity contribution < 1.29 is 13.0 Å². The van der Waals surface area contributed by atoms with Gasteiger partial charge in [0.15, 0.2) is 0 Å². The Kier molecular flexibility index (Phi) is 12.4. The fraction of sp³-hybridized carbons (Fsp3) is 0. The third kappa shape index (κ3) is 160. The highest BCUT2D eigenvalue weighted by atomic mass is 32.2. The quantitative estimate of drug-likeness (QED) is 0.139. The third-order valence-electron chi connectivity index (χ3n) is 0. The van der Waals surface area contributed by atoms with Crippen LogP contribution >= 0.6 is 0 Å². The molecule has 0 unspecified atom stereocenters. The zero-order valence-electron chi connectivity index (χ0n) is 3.37. The number of hydrogen-bond donors (Lipinski definition) is 4. The third-order valence-corrected chi connectivity index (χ3v) is 0. The first-order valence-electron chi connectivity index (χ1n) is 1.19. The van der Waals surface area contributed by atoms with Crippen LogP contribution in [0.1, 0.15) is 0 Å². The van der Waals surface area contributed by atoms with Crippen molar-refractivity contribution in [2.24, 2.45) is 5.73 Å². The van der Waals surface area contributed by atoms with Crippen molar-refractivity contribution in [1.82, 2.24) is 0 Å². The van der Waals surface area contributed by atoms with Gasteiger partial charge in [0.25, 0.3) is 11.0 Å². The molecule has 0 aliphatic carbocycles. The highest BCUT2D eigenvalue weighted by molar-refractivity contribution is 7.66. The molecule has 0 aliphatic rings. The van der Waals surface area contributed by atoms with E-state index in [4.69, 9.17) is 18.4 Å². The van der Waals surface area contributed by atoms with Gasteiger partial charge in [0.2, 0.25) is 0 Å². The van der Waals surface area contributed by atoms with E-state index in [-0.39, 0.29) is 0 Å². The molecule has 4 N–H and O–H groups in total. The van der Waals surface area contributed by atoms with Crippen LogP contribution in [0.4, 0.5) is 0 Å². The summed E-state index contributed by atoms with van der Waals surface area (Å²) in [5.41, 5.74) is 4.39. The Labute approximate surface area is 42.4 Å². The molecule has 0 spiro atoms. The first-order chi connectivity index (χ1) is 3.15. The molecular formula is CH6N2O3S. The normalized spacial score (nSPS) is 6.57. The topological polar surface area (TPSA) is 104 Å². The summed E-state index contributed by atoms with van der Waals surface area (Å²) in [6, 6.07) is 0. The van der Waals surface area contributed by atoms with Gasteiger partial charge in [-0.05, 0) is 0 Å². The largest absolute Gasteiger partial charge is 0.390 e. The molecule has 5 nitrogen and oxygen atoms in total. The van der Waals surface area contributed by atoms with E-state index in [0.717, 1.165) is 6.34 Å². The molecule has 0 radical (unpaired) electrons. The minimum absolute atomic E-state index is 0.750. The summed E-state index contributed by atoms with van der Waals surface area (Å²) in [6.07, 6.45) is 0.750. The maximum atomic E-state index is 8.59. The van der Waals surface area contributed by atoms with Crippen LogP contribution in [0.3, 0.4) is 0 Å². The van der Waals surface area contributed by atoms with Crippen LogP contribution in [-0.4, -0.2) is 19.3 Å². The van der Waals surface area contributed by atoms with E-state index < -0.39 is 11.0 Å². The molecule has 0 atom stereocenters. The maximum Gasteiger partial charge on any atom is 0.254 e. The predicted octanol–water partition coefficient (Wildman–Crippen LogP) is -1.38. The molecule has 0 bridgehead atoms. The van der Waals surface area contributed by atoms with Crippen molar-refractivity contribution in [3.8, 4) is 0 Å². The van der Waals surface area contributed by atoms with Gasteiger partial charge in [-0.2, -0.15) is 0 Å². The van der Waals surface area contributed by atoms with E-state index in [0.29, 0.717) is 0 Å². The summed E-state index contributed by atoms with van der Waals surface area (Å²) in [5.74, 6) is 0. The molecule has 0 aromatic rings. The number of nitrogens with two attached hydrogens (primary N) is 1. The molecule has 0 amide bonds. The van der Waals surface area contributed by atoms with Gasteiger partial charge < -0.3 is 5.73 Å². The Hall–Kier alpha value is -0.620. The van der Waals surface area contributed by atoms with Crippen molar-refractivity contribution >= 4 is 17.3 Å². The minimum atomic E-state index is -3.12. The summed E-state index contributed by atoms with van der Waals surface area (Å²) in [6.45, 7) is 0. The van der Waals surface area contributed by atoms with Crippen LogP contribution in [0, 0.1) is 5.41 Å². The molecule has 0 fully saturated rings. The highest BCUT2D eigenvalue weighted by Gasteiger charge is 1.44. The van der Waals surface area contributed by atoms with Gasteiger partial charge in [0.05, 0.1) is 6.34 Å². The molecule has 6 heteroatoms. The van der Waals surface area contributed by atoms with Crippen LogP contribution in [0.25, 0.3) is 0 Å². The van der Waals surface area contributed by atoms with Crippen molar-refractivity contribution in [3.05, 3.63) is 0 Å². The van der Waals surface area contributed by atoms with E-state index in [2.05, 4.69) is 5.73 Å². The van der Waals surface area contributed by atoms with Crippen LogP contribution < -0.4 is 5.73 Å². The molecule has 0 saturated carbocycles. The molecule has 0 rings (SSSR count). The van der Waals surface area contributed by atoms with Crippen molar-refractivity contribution in [3.63, 3.8) is 0 Å².